The second-order valence-corrected chi connectivity index (χ2v) is 2.83. The highest BCUT2D eigenvalue weighted by Crippen LogP contribution is 2.27. The molecule has 0 aliphatic rings. The third kappa shape index (κ3) is 2.37. The smallest absolute Gasteiger partial charge is 0.113 e. The van der Waals surface area contributed by atoms with Crippen LogP contribution in [0, 0.1) is 0 Å². The first-order valence-electron chi connectivity index (χ1n) is 3.11. The van der Waals surface area contributed by atoms with Gasteiger partial charge in [-0.05, 0) is 18.2 Å². The molecule has 0 heterocycles. The molecule has 0 spiro atoms. The minimum absolute atomic E-state index is 0.439. The quantitative estimate of drug-likeness (QED) is 0.442. The summed E-state index contributed by atoms with van der Waals surface area (Å²) in [4.78, 5) is 3.79. The van der Waals surface area contributed by atoms with Gasteiger partial charge in [0.15, 0.2) is 0 Å². The molecular weight excluding hydrogens is 199 g/mol. The van der Waals surface area contributed by atoms with Gasteiger partial charge in [-0.15, -0.1) is 0 Å². The molecule has 0 saturated heterocycles. The van der Waals surface area contributed by atoms with Gasteiger partial charge in [0, 0.05) is 5.02 Å². The highest BCUT2D eigenvalue weighted by Gasteiger charge is 1.97. The topological polar surface area (TPSA) is 44.6 Å². The first-order valence-corrected chi connectivity index (χ1v) is 3.87. The predicted molar refractivity (Wildman–Crippen MR) is 49.5 cm³/mol. The van der Waals surface area contributed by atoms with Gasteiger partial charge in [-0.1, -0.05) is 23.2 Å². The van der Waals surface area contributed by atoms with Gasteiger partial charge in [-0.2, -0.15) is 0 Å². The summed E-state index contributed by atoms with van der Waals surface area (Å²) in [5, 5.41) is 9.20. The standard InChI is InChI=1S/C7H6Cl2N2O/c8-5-1-2-7(6(9)3-5)10-4-11-12/h1-4,12H,(H,10,11). The van der Waals surface area contributed by atoms with E-state index in [1.807, 2.05) is 0 Å². The number of hydroxylamine groups is 1. The van der Waals surface area contributed by atoms with Crippen molar-refractivity contribution in [2.45, 2.75) is 0 Å². The Morgan fingerprint density at radius 3 is 2.75 bits per heavy atom. The van der Waals surface area contributed by atoms with E-state index < -0.39 is 0 Å². The molecule has 5 heteroatoms. The van der Waals surface area contributed by atoms with Gasteiger partial charge < -0.3 is 0 Å². The molecule has 1 rings (SSSR count). The van der Waals surface area contributed by atoms with Crippen molar-refractivity contribution < 1.29 is 5.21 Å². The first-order chi connectivity index (χ1) is 5.74. The molecule has 0 aromatic heterocycles. The molecule has 3 nitrogen and oxygen atoms in total. The maximum atomic E-state index is 8.20. The van der Waals surface area contributed by atoms with E-state index in [4.69, 9.17) is 28.4 Å². The normalized spacial score (nSPS) is 10.6. The largest absolute Gasteiger partial charge is 0.290 e. The van der Waals surface area contributed by atoms with Crippen molar-refractivity contribution in [1.82, 2.24) is 5.48 Å². The van der Waals surface area contributed by atoms with Crippen LogP contribution in [-0.4, -0.2) is 11.5 Å². The van der Waals surface area contributed by atoms with Gasteiger partial charge in [0.1, 0.15) is 6.34 Å². The molecular formula is C7H6Cl2N2O. The van der Waals surface area contributed by atoms with Crippen LogP contribution in [0.1, 0.15) is 0 Å². The Morgan fingerprint density at radius 2 is 2.17 bits per heavy atom. The zero-order valence-corrected chi connectivity index (χ0v) is 7.47. The minimum Gasteiger partial charge on any atom is -0.290 e. The van der Waals surface area contributed by atoms with E-state index >= 15 is 0 Å². The van der Waals surface area contributed by atoms with Crippen molar-refractivity contribution in [2.24, 2.45) is 4.99 Å². The Labute approximate surface area is 79.6 Å². The zero-order chi connectivity index (χ0) is 8.97. The van der Waals surface area contributed by atoms with Crippen molar-refractivity contribution in [3.05, 3.63) is 28.2 Å². The van der Waals surface area contributed by atoms with Crippen LogP contribution >= 0.6 is 23.2 Å². The molecule has 64 valence electrons. The lowest BCUT2D eigenvalue weighted by Gasteiger charge is -1.96. The number of rotatable bonds is 2. The number of halogens is 2. The Kier molecular flexibility index (Phi) is 3.34. The average molecular weight is 205 g/mol. The summed E-state index contributed by atoms with van der Waals surface area (Å²) in [6.07, 6.45) is 1.12. The van der Waals surface area contributed by atoms with Crippen molar-refractivity contribution in [1.29, 1.82) is 0 Å². The van der Waals surface area contributed by atoms with Crippen molar-refractivity contribution in [3.63, 3.8) is 0 Å². The lowest BCUT2D eigenvalue weighted by Crippen LogP contribution is -2.00. The Balaban J connectivity index is 2.94. The number of hydrogen-bond donors (Lipinski definition) is 2. The van der Waals surface area contributed by atoms with Crippen LogP contribution in [0.25, 0.3) is 0 Å². The van der Waals surface area contributed by atoms with E-state index in [-0.39, 0.29) is 0 Å². The van der Waals surface area contributed by atoms with Crippen molar-refractivity contribution >= 4 is 35.2 Å². The minimum atomic E-state index is 0.439. The third-order valence-electron chi connectivity index (χ3n) is 1.17. The Bertz CT molecular complexity index is 301. The second kappa shape index (κ2) is 4.30. The summed E-state index contributed by atoms with van der Waals surface area (Å²) in [6, 6.07) is 4.89. The second-order valence-electron chi connectivity index (χ2n) is 1.98. The van der Waals surface area contributed by atoms with Gasteiger partial charge in [0.25, 0.3) is 0 Å². The summed E-state index contributed by atoms with van der Waals surface area (Å²) in [5.41, 5.74) is 2.32. The van der Waals surface area contributed by atoms with Crippen LogP contribution in [0.4, 0.5) is 5.69 Å². The number of hydrogen-bond acceptors (Lipinski definition) is 2. The molecule has 0 unspecified atom stereocenters. The monoisotopic (exact) mass is 204 g/mol. The fourth-order valence-electron chi connectivity index (χ4n) is 0.684. The third-order valence-corrected chi connectivity index (χ3v) is 1.71. The molecule has 12 heavy (non-hydrogen) atoms. The molecule has 0 saturated carbocycles. The van der Waals surface area contributed by atoms with Crippen LogP contribution in [0.2, 0.25) is 10.0 Å². The lowest BCUT2D eigenvalue weighted by atomic mass is 10.3. The Hall–Kier alpha value is -0.770. The van der Waals surface area contributed by atoms with E-state index in [0.29, 0.717) is 15.7 Å². The van der Waals surface area contributed by atoms with Crippen LogP contribution in [0.5, 0.6) is 0 Å². The molecule has 0 amide bonds. The highest BCUT2D eigenvalue weighted by atomic mass is 35.5. The molecule has 2 N–H and O–H groups in total. The molecule has 1 aromatic rings. The summed E-state index contributed by atoms with van der Waals surface area (Å²) >= 11 is 11.4. The van der Waals surface area contributed by atoms with E-state index in [0.717, 1.165) is 6.34 Å². The van der Waals surface area contributed by atoms with Gasteiger partial charge in [0.05, 0.1) is 10.7 Å². The number of nitrogens with zero attached hydrogens (tertiary/aromatic N) is 1. The van der Waals surface area contributed by atoms with E-state index in [1.54, 1.807) is 23.7 Å². The Morgan fingerprint density at radius 1 is 1.42 bits per heavy atom. The van der Waals surface area contributed by atoms with Crippen LogP contribution in [0.3, 0.4) is 0 Å². The average Bonchev–Trinajstić information content (AvgIpc) is 2.03. The molecule has 0 bridgehead atoms. The highest BCUT2D eigenvalue weighted by molar-refractivity contribution is 6.36. The van der Waals surface area contributed by atoms with E-state index in [9.17, 15) is 0 Å². The van der Waals surface area contributed by atoms with Gasteiger partial charge in [-0.25, -0.2) is 4.99 Å². The molecule has 0 fully saturated rings. The molecule has 1 aromatic carbocycles. The van der Waals surface area contributed by atoms with Gasteiger partial charge >= 0.3 is 0 Å². The fraction of sp³-hybridized carbons (Fsp3) is 0. The summed E-state index contributed by atoms with van der Waals surface area (Å²) < 4.78 is 0. The van der Waals surface area contributed by atoms with Gasteiger partial charge in [0.2, 0.25) is 0 Å². The number of benzene rings is 1. The maximum absolute atomic E-state index is 8.20. The zero-order valence-electron chi connectivity index (χ0n) is 5.96. The molecule has 0 radical (unpaired) electrons. The van der Waals surface area contributed by atoms with Crippen molar-refractivity contribution in [3.8, 4) is 0 Å². The summed E-state index contributed by atoms with van der Waals surface area (Å²) in [5.74, 6) is 0. The molecule has 0 aliphatic carbocycles. The first kappa shape index (κ1) is 9.32. The summed E-state index contributed by atoms with van der Waals surface area (Å²) in [7, 11) is 0. The van der Waals surface area contributed by atoms with E-state index in [2.05, 4.69) is 4.99 Å². The van der Waals surface area contributed by atoms with E-state index in [1.165, 1.54) is 0 Å². The van der Waals surface area contributed by atoms with Crippen LogP contribution in [0.15, 0.2) is 23.2 Å². The van der Waals surface area contributed by atoms with Crippen LogP contribution in [-0.2, 0) is 0 Å². The van der Waals surface area contributed by atoms with Crippen LogP contribution < -0.4 is 5.48 Å². The fourth-order valence-corrected chi connectivity index (χ4v) is 1.14. The van der Waals surface area contributed by atoms with Gasteiger partial charge in [-0.3, -0.25) is 10.7 Å². The summed E-state index contributed by atoms with van der Waals surface area (Å²) in [6.45, 7) is 0. The predicted octanol–water partition coefficient (Wildman–Crippen LogP) is 2.63. The number of nitrogens with one attached hydrogen (secondary N) is 1. The lowest BCUT2D eigenvalue weighted by molar-refractivity contribution is 0.240. The SMILES string of the molecule is ONC=Nc1ccc(Cl)cc1Cl. The molecule has 0 atom stereocenters. The molecule has 0 aliphatic heterocycles. The van der Waals surface area contributed by atoms with Crippen molar-refractivity contribution in [2.75, 3.05) is 0 Å². The maximum Gasteiger partial charge on any atom is 0.113 e. The number of aliphatic imine (C=N–C) groups is 1.